The van der Waals surface area contributed by atoms with Crippen LogP contribution >= 0.6 is 0 Å². The Kier molecular flexibility index (Phi) is 7.26. The molecule has 6 heteroatoms. The molecule has 0 aliphatic carbocycles. The number of hydrogen-bond acceptors (Lipinski definition) is 4. The predicted octanol–water partition coefficient (Wildman–Crippen LogP) is 4.38. The fraction of sp³-hybridized carbons (Fsp3) is 0.391. The van der Waals surface area contributed by atoms with Crippen LogP contribution in [0, 0.1) is 0 Å². The van der Waals surface area contributed by atoms with E-state index in [4.69, 9.17) is 9.47 Å². The number of anilines is 2. The van der Waals surface area contributed by atoms with Gasteiger partial charge in [-0.1, -0.05) is 32.9 Å². The van der Waals surface area contributed by atoms with Gasteiger partial charge in [-0.2, -0.15) is 0 Å². The third kappa shape index (κ3) is 5.98. The topological polar surface area (TPSA) is 67.9 Å². The second-order valence-corrected chi connectivity index (χ2v) is 7.83. The van der Waals surface area contributed by atoms with E-state index in [1.54, 1.807) is 25.3 Å². The molecule has 0 atom stereocenters. The Morgan fingerprint density at radius 2 is 1.66 bits per heavy atom. The highest BCUT2D eigenvalue weighted by molar-refractivity contribution is 5.96. The molecule has 0 fully saturated rings. The summed E-state index contributed by atoms with van der Waals surface area (Å²) in [5.74, 6) is 0.801. The fourth-order valence-corrected chi connectivity index (χ4v) is 2.95. The van der Waals surface area contributed by atoms with Crippen molar-refractivity contribution >= 4 is 23.2 Å². The number of amides is 2. The second-order valence-electron chi connectivity index (χ2n) is 7.83. The van der Waals surface area contributed by atoms with E-state index in [0.29, 0.717) is 17.2 Å². The van der Waals surface area contributed by atoms with Crippen LogP contribution < -0.4 is 19.7 Å². The zero-order valence-corrected chi connectivity index (χ0v) is 18.0. The van der Waals surface area contributed by atoms with Gasteiger partial charge in [0.1, 0.15) is 11.5 Å². The van der Waals surface area contributed by atoms with E-state index in [0.717, 1.165) is 5.69 Å². The number of carbonyl (C=O) groups is 2. The van der Waals surface area contributed by atoms with E-state index >= 15 is 0 Å². The summed E-state index contributed by atoms with van der Waals surface area (Å²) < 4.78 is 10.6. The van der Waals surface area contributed by atoms with Gasteiger partial charge in [-0.15, -0.1) is 0 Å². The molecular formula is C23H30N2O4. The number of nitrogens with zero attached hydrogens (tertiary/aromatic N) is 1. The second kappa shape index (κ2) is 9.45. The van der Waals surface area contributed by atoms with Crippen LogP contribution in [0.2, 0.25) is 0 Å². The Balaban J connectivity index is 2.07. The molecule has 0 unspecified atom stereocenters. The molecule has 156 valence electrons. The predicted molar refractivity (Wildman–Crippen MR) is 116 cm³/mol. The van der Waals surface area contributed by atoms with Gasteiger partial charge in [-0.25, -0.2) is 0 Å². The smallest absolute Gasteiger partial charge is 0.226 e. The van der Waals surface area contributed by atoms with Crippen LogP contribution in [0.25, 0.3) is 0 Å². The molecule has 0 saturated carbocycles. The lowest BCUT2D eigenvalue weighted by Gasteiger charge is -2.23. The molecule has 0 aliphatic rings. The molecule has 0 heterocycles. The van der Waals surface area contributed by atoms with Crippen LogP contribution in [-0.4, -0.2) is 32.6 Å². The van der Waals surface area contributed by atoms with E-state index in [2.05, 4.69) is 26.1 Å². The van der Waals surface area contributed by atoms with Gasteiger partial charge in [0.25, 0.3) is 0 Å². The van der Waals surface area contributed by atoms with Gasteiger partial charge in [0.15, 0.2) is 0 Å². The molecule has 6 nitrogen and oxygen atoms in total. The van der Waals surface area contributed by atoms with Crippen molar-refractivity contribution in [3.8, 4) is 11.5 Å². The molecule has 0 saturated heterocycles. The van der Waals surface area contributed by atoms with Crippen molar-refractivity contribution in [1.29, 1.82) is 0 Å². The van der Waals surface area contributed by atoms with Crippen LogP contribution in [0.5, 0.6) is 11.5 Å². The molecule has 1 N–H and O–H groups in total. The molecule has 29 heavy (non-hydrogen) atoms. The monoisotopic (exact) mass is 398 g/mol. The molecule has 0 aliphatic heterocycles. The minimum Gasteiger partial charge on any atom is -0.497 e. The molecule has 2 amide bonds. The summed E-state index contributed by atoms with van der Waals surface area (Å²) in [6, 6.07) is 13.0. The Labute approximate surface area is 172 Å². The average molecular weight is 399 g/mol. The van der Waals surface area contributed by atoms with Crippen molar-refractivity contribution in [3.05, 3.63) is 48.0 Å². The molecule has 0 bridgehead atoms. The van der Waals surface area contributed by atoms with Gasteiger partial charge in [-0.05, 0) is 35.2 Å². The summed E-state index contributed by atoms with van der Waals surface area (Å²) in [5.41, 5.74) is 2.56. The van der Waals surface area contributed by atoms with Gasteiger partial charge >= 0.3 is 0 Å². The minimum atomic E-state index is -0.182. The van der Waals surface area contributed by atoms with E-state index in [9.17, 15) is 9.59 Å². The SMILES string of the molecule is COc1ccc(OC)c(N(CCC(=O)Nc2ccc(C(C)(C)C)cc2)C(C)=O)c1. The minimum absolute atomic E-state index is 0.0559. The lowest BCUT2D eigenvalue weighted by Crippen LogP contribution is -2.32. The molecule has 0 radical (unpaired) electrons. The van der Waals surface area contributed by atoms with Crippen LogP contribution in [0.15, 0.2) is 42.5 Å². The number of hydrogen-bond donors (Lipinski definition) is 1. The van der Waals surface area contributed by atoms with Crippen molar-refractivity contribution in [2.75, 3.05) is 31.0 Å². The maximum absolute atomic E-state index is 12.4. The van der Waals surface area contributed by atoms with Gasteiger partial charge in [0.2, 0.25) is 11.8 Å². The largest absolute Gasteiger partial charge is 0.497 e. The third-order valence-electron chi connectivity index (χ3n) is 4.65. The summed E-state index contributed by atoms with van der Waals surface area (Å²) in [7, 11) is 3.10. The third-order valence-corrected chi connectivity index (χ3v) is 4.65. The first-order valence-electron chi connectivity index (χ1n) is 9.56. The Morgan fingerprint density at radius 1 is 1.00 bits per heavy atom. The average Bonchev–Trinajstić information content (AvgIpc) is 2.67. The summed E-state index contributed by atoms with van der Waals surface area (Å²) in [6.45, 7) is 8.12. The zero-order chi connectivity index (χ0) is 21.6. The maximum atomic E-state index is 12.4. The van der Waals surface area contributed by atoms with Crippen molar-refractivity contribution in [2.24, 2.45) is 0 Å². The van der Waals surface area contributed by atoms with E-state index in [1.165, 1.54) is 24.5 Å². The quantitative estimate of drug-likeness (QED) is 0.751. The fourth-order valence-electron chi connectivity index (χ4n) is 2.95. The van der Waals surface area contributed by atoms with Gasteiger partial charge < -0.3 is 19.7 Å². The van der Waals surface area contributed by atoms with Gasteiger partial charge in [0.05, 0.1) is 19.9 Å². The summed E-state index contributed by atoms with van der Waals surface area (Å²) in [6.07, 6.45) is 0.154. The van der Waals surface area contributed by atoms with Crippen LogP contribution in [0.1, 0.15) is 39.7 Å². The van der Waals surface area contributed by atoms with Crippen molar-refractivity contribution in [1.82, 2.24) is 0 Å². The van der Waals surface area contributed by atoms with Crippen LogP contribution in [0.4, 0.5) is 11.4 Å². The first-order valence-corrected chi connectivity index (χ1v) is 9.56. The van der Waals surface area contributed by atoms with Gasteiger partial charge in [0, 0.05) is 31.6 Å². The summed E-state index contributed by atoms with van der Waals surface area (Å²) >= 11 is 0. The van der Waals surface area contributed by atoms with Gasteiger partial charge in [-0.3, -0.25) is 9.59 Å². The highest BCUT2D eigenvalue weighted by atomic mass is 16.5. The lowest BCUT2D eigenvalue weighted by molar-refractivity contribution is -0.117. The Morgan fingerprint density at radius 3 is 2.17 bits per heavy atom. The number of ether oxygens (including phenoxy) is 2. The van der Waals surface area contributed by atoms with Crippen molar-refractivity contribution in [2.45, 2.75) is 39.5 Å². The molecular weight excluding hydrogens is 368 g/mol. The lowest BCUT2D eigenvalue weighted by atomic mass is 9.87. The highest BCUT2D eigenvalue weighted by Crippen LogP contribution is 2.32. The Bertz CT molecular complexity index is 854. The first kappa shape index (κ1) is 22.3. The molecule has 2 aromatic carbocycles. The normalized spacial score (nSPS) is 11.0. The molecule has 2 aromatic rings. The van der Waals surface area contributed by atoms with E-state index in [1.807, 2.05) is 24.3 Å². The standard InChI is InChI=1S/C23H30N2O4/c1-16(26)25(20-15-19(28-5)11-12-21(20)29-6)14-13-22(27)24-18-9-7-17(8-10-18)23(2,3)4/h7-12,15H,13-14H2,1-6H3,(H,24,27). The zero-order valence-electron chi connectivity index (χ0n) is 18.0. The summed E-state index contributed by atoms with van der Waals surface area (Å²) in [4.78, 5) is 26.2. The number of methoxy groups -OCH3 is 2. The number of nitrogens with one attached hydrogen (secondary N) is 1. The van der Waals surface area contributed by atoms with E-state index in [-0.39, 0.29) is 30.2 Å². The van der Waals surface area contributed by atoms with Crippen molar-refractivity contribution in [3.63, 3.8) is 0 Å². The summed E-state index contributed by atoms with van der Waals surface area (Å²) in [5, 5.41) is 2.88. The molecule has 2 rings (SSSR count). The van der Waals surface area contributed by atoms with Crippen molar-refractivity contribution < 1.29 is 19.1 Å². The number of carbonyl (C=O) groups excluding carboxylic acids is 2. The van der Waals surface area contributed by atoms with Crippen LogP contribution in [0.3, 0.4) is 0 Å². The molecule has 0 spiro atoms. The number of benzene rings is 2. The molecule has 0 aromatic heterocycles. The highest BCUT2D eigenvalue weighted by Gasteiger charge is 2.19. The number of rotatable bonds is 7. The van der Waals surface area contributed by atoms with Crippen LogP contribution in [-0.2, 0) is 15.0 Å². The maximum Gasteiger partial charge on any atom is 0.226 e. The first-order chi connectivity index (χ1) is 13.7. The Hall–Kier alpha value is -3.02. The van der Waals surface area contributed by atoms with E-state index < -0.39 is 0 Å².